The average molecular weight is 635 g/mol. The van der Waals surface area contributed by atoms with Gasteiger partial charge in [0.15, 0.2) is 11.6 Å². The van der Waals surface area contributed by atoms with Gasteiger partial charge in [-0.2, -0.15) is 5.26 Å². The van der Waals surface area contributed by atoms with E-state index in [1.807, 2.05) is 26.0 Å². The van der Waals surface area contributed by atoms with Crippen LogP contribution in [-0.4, -0.2) is 25.5 Å². The summed E-state index contributed by atoms with van der Waals surface area (Å²) in [6.45, 7) is 21.0. The standard InChI is InChI=1S/C38H54N2O4S/c1-26-23-33(3,4)18-20-38(26,40-45(43,44)29-14-12-11-13-15-29)21-19-34(5,6)37(10)17-16-30-35(7,8)32(42)28(25-39)24-36(30,9)31(37)22-27(2)41/h11-15,22,24,26,30,40H,16-21,23H2,1-10H3/b31-22-/t26?,30-,36-,37+,38-/m0/s1. The second-order valence-corrected chi connectivity index (χ2v) is 18.5. The van der Waals surface area contributed by atoms with Crippen molar-refractivity contribution in [2.75, 3.05) is 0 Å². The molecule has 2 fully saturated rings. The number of ketones is 2. The van der Waals surface area contributed by atoms with E-state index in [1.165, 1.54) is 0 Å². The molecule has 0 aromatic heterocycles. The number of sulfonamides is 1. The zero-order valence-corrected chi connectivity index (χ0v) is 30.0. The zero-order valence-electron chi connectivity index (χ0n) is 29.1. The molecule has 0 aliphatic heterocycles. The molecule has 0 spiro atoms. The number of carbonyl (C=O) groups excluding carboxylic acids is 2. The number of benzene rings is 1. The number of rotatable bonds is 8. The van der Waals surface area contributed by atoms with Crippen molar-refractivity contribution < 1.29 is 18.0 Å². The lowest BCUT2D eigenvalue weighted by atomic mass is 9.42. The number of fused-ring (bicyclic) bond motifs is 1. The predicted octanol–water partition coefficient (Wildman–Crippen LogP) is 8.35. The molecule has 4 rings (SSSR count). The zero-order chi connectivity index (χ0) is 33.9. The minimum atomic E-state index is -3.75. The lowest BCUT2D eigenvalue weighted by molar-refractivity contribution is -0.131. The van der Waals surface area contributed by atoms with Crippen LogP contribution in [0.2, 0.25) is 0 Å². The molecule has 0 radical (unpaired) electrons. The summed E-state index contributed by atoms with van der Waals surface area (Å²) in [7, 11) is -3.75. The van der Waals surface area contributed by atoms with E-state index in [4.69, 9.17) is 0 Å². The van der Waals surface area contributed by atoms with Crippen LogP contribution in [0, 0.1) is 50.2 Å². The summed E-state index contributed by atoms with van der Waals surface area (Å²) in [4.78, 5) is 26.5. The van der Waals surface area contributed by atoms with Crippen molar-refractivity contribution in [2.24, 2.45) is 38.9 Å². The summed E-state index contributed by atoms with van der Waals surface area (Å²) < 4.78 is 30.9. The van der Waals surface area contributed by atoms with E-state index in [0.29, 0.717) is 6.42 Å². The van der Waals surface area contributed by atoms with E-state index in [0.717, 1.165) is 44.1 Å². The first-order valence-electron chi connectivity index (χ1n) is 16.6. The van der Waals surface area contributed by atoms with Gasteiger partial charge in [-0.05, 0) is 98.2 Å². The predicted molar refractivity (Wildman–Crippen MR) is 179 cm³/mol. The molecule has 0 bridgehead atoms. The summed E-state index contributed by atoms with van der Waals surface area (Å²) in [5.74, 6) is -0.103. The van der Waals surface area contributed by atoms with Crippen molar-refractivity contribution in [1.29, 1.82) is 5.26 Å². The van der Waals surface area contributed by atoms with E-state index in [9.17, 15) is 23.3 Å². The Morgan fingerprint density at radius 2 is 1.69 bits per heavy atom. The smallest absolute Gasteiger partial charge is 0.241 e. The van der Waals surface area contributed by atoms with Gasteiger partial charge in [-0.1, -0.05) is 92.2 Å². The highest BCUT2D eigenvalue weighted by atomic mass is 32.2. The fourth-order valence-electron chi connectivity index (χ4n) is 9.36. The number of nitrogens with zero attached hydrogens (tertiary/aromatic N) is 1. The van der Waals surface area contributed by atoms with Gasteiger partial charge in [-0.25, -0.2) is 13.1 Å². The van der Waals surface area contributed by atoms with Gasteiger partial charge < -0.3 is 0 Å². The molecule has 1 unspecified atom stereocenters. The van der Waals surface area contributed by atoms with Crippen molar-refractivity contribution in [3.8, 4) is 6.07 Å². The molecule has 6 nitrogen and oxygen atoms in total. The lowest BCUT2D eigenvalue weighted by Gasteiger charge is -2.61. The van der Waals surface area contributed by atoms with Gasteiger partial charge in [0.05, 0.1) is 10.5 Å². The molecule has 45 heavy (non-hydrogen) atoms. The van der Waals surface area contributed by atoms with E-state index < -0.39 is 31.8 Å². The highest BCUT2D eigenvalue weighted by Gasteiger charge is 2.61. The molecule has 3 aliphatic carbocycles. The van der Waals surface area contributed by atoms with E-state index >= 15 is 0 Å². The van der Waals surface area contributed by atoms with E-state index in [2.05, 4.69) is 59.3 Å². The van der Waals surface area contributed by atoms with Gasteiger partial charge in [-0.15, -0.1) is 0 Å². The van der Waals surface area contributed by atoms with Crippen LogP contribution in [-0.2, 0) is 19.6 Å². The summed E-state index contributed by atoms with van der Waals surface area (Å²) in [6.07, 6.45) is 9.18. The van der Waals surface area contributed by atoms with Gasteiger partial charge in [-0.3, -0.25) is 9.59 Å². The van der Waals surface area contributed by atoms with Crippen LogP contribution >= 0.6 is 0 Å². The largest absolute Gasteiger partial charge is 0.295 e. The van der Waals surface area contributed by atoms with Crippen molar-refractivity contribution in [3.63, 3.8) is 0 Å². The summed E-state index contributed by atoms with van der Waals surface area (Å²) in [5, 5.41) is 9.97. The molecule has 1 aromatic rings. The second kappa shape index (κ2) is 11.6. The van der Waals surface area contributed by atoms with Crippen LogP contribution in [0.5, 0.6) is 0 Å². The maximum Gasteiger partial charge on any atom is 0.241 e. The molecular weight excluding hydrogens is 580 g/mol. The van der Waals surface area contributed by atoms with Crippen LogP contribution in [0.15, 0.2) is 58.5 Å². The highest BCUT2D eigenvalue weighted by molar-refractivity contribution is 7.89. The third-order valence-corrected chi connectivity index (χ3v) is 14.1. The molecule has 0 amide bonds. The molecular formula is C38H54N2O4S. The quantitative estimate of drug-likeness (QED) is 0.290. The topological polar surface area (TPSA) is 104 Å². The molecule has 3 aliphatic rings. The van der Waals surface area contributed by atoms with Crippen molar-refractivity contribution in [2.45, 2.75) is 125 Å². The molecule has 0 heterocycles. The minimum absolute atomic E-state index is 0.0475. The third kappa shape index (κ3) is 6.14. The van der Waals surface area contributed by atoms with Gasteiger partial charge >= 0.3 is 0 Å². The Kier molecular flexibility index (Phi) is 9.10. The molecule has 2 saturated carbocycles. The highest BCUT2D eigenvalue weighted by Crippen LogP contribution is 2.67. The van der Waals surface area contributed by atoms with Gasteiger partial charge in [0.2, 0.25) is 10.0 Å². The molecule has 1 aromatic carbocycles. The Balaban J connectivity index is 1.77. The lowest BCUT2D eigenvalue weighted by Crippen LogP contribution is -2.58. The van der Waals surface area contributed by atoms with Crippen LogP contribution < -0.4 is 4.72 Å². The first kappa shape index (κ1) is 35.3. The molecule has 1 N–H and O–H groups in total. The minimum Gasteiger partial charge on any atom is -0.295 e. The number of Topliss-reactive ketones (excluding diaryl/α,β-unsaturated/α-hetero) is 1. The van der Waals surface area contributed by atoms with Gasteiger partial charge in [0, 0.05) is 16.4 Å². The van der Waals surface area contributed by atoms with Crippen LogP contribution in [0.4, 0.5) is 0 Å². The third-order valence-electron chi connectivity index (χ3n) is 12.6. The number of hydrogen-bond donors (Lipinski definition) is 1. The van der Waals surface area contributed by atoms with Crippen molar-refractivity contribution >= 4 is 21.6 Å². The van der Waals surface area contributed by atoms with Crippen LogP contribution in [0.3, 0.4) is 0 Å². The Hall–Kier alpha value is -2.56. The Labute approximate surface area is 272 Å². The Morgan fingerprint density at radius 1 is 1.07 bits per heavy atom. The molecule has 246 valence electrons. The average Bonchev–Trinajstić information content (AvgIpc) is 2.94. The Morgan fingerprint density at radius 3 is 2.24 bits per heavy atom. The number of nitrogens with one attached hydrogen (secondary N) is 1. The first-order valence-corrected chi connectivity index (χ1v) is 18.1. The van der Waals surface area contributed by atoms with E-state index in [1.54, 1.807) is 37.3 Å². The molecule has 7 heteroatoms. The maximum absolute atomic E-state index is 13.8. The van der Waals surface area contributed by atoms with Crippen LogP contribution in [0.25, 0.3) is 0 Å². The molecule has 0 saturated heterocycles. The fraction of sp³-hybridized carbons (Fsp3) is 0.658. The first-order chi connectivity index (χ1) is 20.6. The second-order valence-electron chi connectivity index (χ2n) is 16.8. The van der Waals surface area contributed by atoms with Crippen molar-refractivity contribution in [1.82, 2.24) is 4.72 Å². The Bertz CT molecular complexity index is 1560. The fourth-order valence-corrected chi connectivity index (χ4v) is 10.9. The number of carbonyl (C=O) groups is 2. The summed E-state index contributed by atoms with van der Waals surface area (Å²) >= 11 is 0. The normalized spacial score (nSPS) is 34.0. The van der Waals surface area contributed by atoms with Gasteiger partial charge in [0.25, 0.3) is 0 Å². The van der Waals surface area contributed by atoms with Crippen molar-refractivity contribution in [3.05, 3.63) is 53.6 Å². The van der Waals surface area contributed by atoms with Gasteiger partial charge in [0.1, 0.15) is 6.07 Å². The summed E-state index contributed by atoms with van der Waals surface area (Å²) in [6, 6.07) is 10.8. The number of nitriles is 1. The molecule has 5 atom stereocenters. The summed E-state index contributed by atoms with van der Waals surface area (Å²) in [5.41, 5.74) is -1.50. The van der Waals surface area contributed by atoms with E-state index in [-0.39, 0.29) is 44.7 Å². The maximum atomic E-state index is 13.8. The SMILES string of the molecule is CC(=O)/C=C1/[C@@]2(C)C=C(C#N)C(=O)C(C)(C)[C@@H]2CC[C@@]1(C)C(C)(C)CC[C@@]1(NS(=O)(=O)c2ccccc2)CCC(C)(C)CC1C. The number of allylic oxidation sites excluding steroid dienone is 4. The number of hydrogen-bond acceptors (Lipinski definition) is 5. The van der Waals surface area contributed by atoms with Crippen LogP contribution in [0.1, 0.15) is 114 Å². The monoisotopic (exact) mass is 634 g/mol.